The third kappa shape index (κ3) is 3.58. The van der Waals surface area contributed by atoms with E-state index in [0.29, 0.717) is 17.8 Å². The molecule has 4 nitrogen and oxygen atoms in total. The van der Waals surface area contributed by atoms with Gasteiger partial charge in [-0.25, -0.2) is 0 Å². The summed E-state index contributed by atoms with van der Waals surface area (Å²) >= 11 is 0. The van der Waals surface area contributed by atoms with E-state index >= 15 is 0 Å². The van der Waals surface area contributed by atoms with E-state index in [1.54, 1.807) is 19.6 Å². The first kappa shape index (κ1) is 27.3. The first-order valence-electron chi connectivity index (χ1n) is 15.0. The van der Waals surface area contributed by atoms with Gasteiger partial charge in [0.2, 0.25) is 0 Å². The summed E-state index contributed by atoms with van der Waals surface area (Å²) in [5.41, 5.74) is 2.01. The number of hydrogen-bond donors (Lipinski definition) is 0. The molecule has 0 aliphatic heterocycles. The van der Waals surface area contributed by atoms with Crippen molar-refractivity contribution in [3.05, 3.63) is 11.6 Å². The van der Waals surface area contributed by atoms with E-state index in [-0.39, 0.29) is 50.5 Å². The van der Waals surface area contributed by atoms with Gasteiger partial charge in [-0.3, -0.25) is 9.59 Å². The Morgan fingerprint density at radius 1 is 0.865 bits per heavy atom. The number of fused-ring (bicyclic) bond motifs is 7. The van der Waals surface area contributed by atoms with Gasteiger partial charge < -0.3 is 9.47 Å². The van der Waals surface area contributed by atoms with Crippen LogP contribution in [0.3, 0.4) is 0 Å². The fourth-order valence-corrected chi connectivity index (χ4v) is 11.2. The van der Waals surface area contributed by atoms with E-state index in [2.05, 4.69) is 54.5 Å². The fraction of sp³-hybridized carbons (Fsp3) is 0.879. The monoisotopic (exact) mass is 512 g/mol. The molecule has 0 aromatic carbocycles. The van der Waals surface area contributed by atoms with E-state index in [4.69, 9.17) is 9.47 Å². The molecular weight excluding hydrogens is 460 g/mol. The summed E-state index contributed by atoms with van der Waals surface area (Å²) in [5.74, 6) is 1.33. The molecule has 0 radical (unpaired) electrons. The summed E-state index contributed by atoms with van der Waals surface area (Å²) in [7, 11) is 1.59. The van der Waals surface area contributed by atoms with Crippen molar-refractivity contribution in [1.82, 2.24) is 0 Å². The number of esters is 2. The molecule has 5 rings (SSSR count). The van der Waals surface area contributed by atoms with Crippen LogP contribution >= 0.6 is 0 Å². The van der Waals surface area contributed by atoms with Crippen molar-refractivity contribution in [1.29, 1.82) is 0 Å². The van der Waals surface area contributed by atoms with Gasteiger partial charge in [0.15, 0.2) is 0 Å². The first-order chi connectivity index (χ1) is 17.1. The maximum Gasteiger partial charge on any atom is 0.312 e. The summed E-state index contributed by atoms with van der Waals surface area (Å²) in [6, 6.07) is 0. The zero-order chi connectivity index (χ0) is 27.2. The Bertz CT molecular complexity index is 1010. The molecule has 0 heterocycles. The molecule has 208 valence electrons. The number of ether oxygens (including phenoxy) is 2. The molecule has 0 aromatic heterocycles. The van der Waals surface area contributed by atoms with E-state index in [9.17, 15) is 9.59 Å². The lowest BCUT2D eigenvalue weighted by molar-refractivity contribution is -0.213. The Balaban J connectivity index is 1.55. The lowest BCUT2D eigenvalue weighted by atomic mass is 9.33. The average Bonchev–Trinajstić information content (AvgIpc) is 2.80. The minimum Gasteiger partial charge on any atom is -0.469 e. The summed E-state index contributed by atoms with van der Waals surface area (Å²) < 4.78 is 11.4. The van der Waals surface area contributed by atoms with Gasteiger partial charge in [-0.05, 0) is 104 Å². The summed E-state index contributed by atoms with van der Waals surface area (Å²) in [6.45, 7) is 18.8. The highest BCUT2D eigenvalue weighted by atomic mass is 16.5. The first-order valence-corrected chi connectivity index (χ1v) is 15.0. The van der Waals surface area contributed by atoms with Crippen LogP contribution in [0.5, 0.6) is 0 Å². The van der Waals surface area contributed by atoms with Crippen LogP contribution in [-0.4, -0.2) is 25.2 Å². The van der Waals surface area contributed by atoms with E-state index in [1.807, 2.05) is 0 Å². The Morgan fingerprint density at radius 2 is 1.54 bits per heavy atom. The summed E-state index contributed by atoms with van der Waals surface area (Å²) in [6.07, 6.45) is 13.4. The molecule has 8 atom stereocenters. The fourth-order valence-electron chi connectivity index (χ4n) is 11.2. The molecular formula is C33H52O4. The van der Waals surface area contributed by atoms with Crippen LogP contribution in [-0.2, 0) is 19.1 Å². The topological polar surface area (TPSA) is 52.6 Å². The second-order valence-electron chi connectivity index (χ2n) is 15.8. The highest BCUT2D eigenvalue weighted by Crippen LogP contribution is 2.75. The van der Waals surface area contributed by atoms with Gasteiger partial charge in [0.25, 0.3) is 0 Å². The molecule has 0 saturated heterocycles. The van der Waals surface area contributed by atoms with Gasteiger partial charge in [-0.15, -0.1) is 0 Å². The van der Waals surface area contributed by atoms with Gasteiger partial charge in [0.1, 0.15) is 6.10 Å². The number of carbonyl (C=O) groups is 2. The second kappa shape index (κ2) is 8.34. The molecule has 5 aliphatic rings. The van der Waals surface area contributed by atoms with Crippen molar-refractivity contribution in [2.75, 3.05) is 7.11 Å². The Kier molecular flexibility index (Phi) is 6.14. The van der Waals surface area contributed by atoms with Crippen molar-refractivity contribution in [3.63, 3.8) is 0 Å². The van der Waals surface area contributed by atoms with Crippen LogP contribution in [0.15, 0.2) is 11.6 Å². The van der Waals surface area contributed by atoms with Crippen LogP contribution in [0.25, 0.3) is 0 Å². The minimum absolute atomic E-state index is 0.0116. The van der Waals surface area contributed by atoms with E-state index in [1.165, 1.54) is 12.8 Å². The van der Waals surface area contributed by atoms with Gasteiger partial charge in [0.05, 0.1) is 12.5 Å². The lowest BCUT2D eigenvalue weighted by Crippen LogP contribution is -2.65. The van der Waals surface area contributed by atoms with Crippen LogP contribution in [0.4, 0.5) is 0 Å². The van der Waals surface area contributed by atoms with E-state index < -0.39 is 0 Å². The minimum atomic E-state index is -0.343. The SMILES string of the molecule is COC(=O)[C@]12CCC(C)(C)C[C@H]1C1=CC[C@@H]3[C@@]4(C)CC[C@H](OC(C)=O)C(C)(C)[C@@H]4CC[C@@]3(C)[C@]1(C)CC2. The molecule has 4 fully saturated rings. The molecule has 0 unspecified atom stereocenters. The zero-order valence-electron chi connectivity index (χ0n) is 25.1. The third-order valence-corrected chi connectivity index (χ3v) is 13.5. The lowest BCUT2D eigenvalue weighted by Gasteiger charge is -2.71. The van der Waals surface area contributed by atoms with E-state index in [0.717, 1.165) is 51.4 Å². The maximum atomic E-state index is 13.4. The molecule has 4 heteroatoms. The Hall–Kier alpha value is -1.32. The molecule has 0 amide bonds. The molecule has 0 N–H and O–H groups in total. The third-order valence-electron chi connectivity index (χ3n) is 13.5. The molecule has 0 spiro atoms. The summed E-state index contributed by atoms with van der Waals surface area (Å²) in [5, 5.41) is 0. The van der Waals surface area contributed by atoms with Gasteiger partial charge >= 0.3 is 11.9 Å². The van der Waals surface area contributed by atoms with Crippen LogP contribution in [0, 0.1) is 50.2 Å². The number of carbonyl (C=O) groups excluding carboxylic acids is 2. The van der Waals surface area contributed by atoms with Gasteiger partial charge in [-0.2, -0.15) is 0 Å². The number of allylic oxidation sites excluding steroid dienone is 2. The average molecular weight is 513 g/mol. The van der Waals surface area contributed by atoms with Crippen LogP contribution < -0.4 is 0 Å². The number of hydrogen-bond acceptors (Lipinski definition) is 4. The smallest absolute Gasteiger partial charge is 0.312 e. The van der Waals surface area contributed by atoms with Crippen molar-refractivity contribution in [2.24, 2.45) is 50.2 Å². The number of methoxy groups -OCH3 is 1. The van der Waals surface area contributed by atoms with Crippen molar-refractivity contribution in [3.8, 4) is 0 Å². The standard InChI is InChI=1S/C33H52O4/c1-21(34)37-26-13-14-30(6)24(29(26,4)5)12-15-32(8)25(30)11-10-22-23-20-28(2,3)16-18-33(23,27(35)36-9)19-17-31(22,32)7/h10,23-26H,11-20H2,1-9H3/t23-,24-,25+,26-,30-,31+,32+,33-/m0/s1. The van der Waals surface area contributed by atoms with Gasteiger partial charge in [0, 0.05) is 12.3 Å². The highest BCUT2D eigenvalue weighted by Gasteiger charge is 2.69. The maximum absolute atomic E-state index is 13.4. The Morgan fingerprint density at radius 3 is 2.19 bits per heavy atom. The quantitative estimate of drug-likeness (QED) is 0.279. The summed E-state index contributed by atoms with van der Waals surface area (Å²) in [4.78, 5) is 25.3. The predicted molar refractivity (Wildman–Crippen MR) is 147 cm³/mol. The predicted octanol–water partition coefficient (Wildman–Crippen LogP) is 7.89. The number of rotatable bonds is 2. The molecule has 0 bridgehead atoms. The van der Waals surface area contributed by atoms with Crippen LogP contribution in [0.2, 0.25) is 0 Å². The molecule has 37 heavy (non-hydrogen) atoms. The molecule has 0 aromatic rings. The largest absolute Gasteiger partial charge is 0.469 e. The molecule has 4 saturated carbocycles. The molecule has 5 aliphatic carbocycles. The zero-order valence-corrected chi connectivity index (χ0v) is 25.1. The van der Waals surface area contributed by atoms with Gasteiger partial charge in [-0.1, -0.05) is 60.1 Å². The van der Waals surface area contributed by atoms with Crippen molar-refractivity contribution < 1.29 is 19.1 Å². The van der Waals surface area contributed by atoms with Crippen LogP contribution in [0.1, 0.15) is 120 Å². The van der Waals surface area contributed by atoms with Crippen molar-refractivity contribution >= 4 is 11.9 Å². The second-order valence-corrected chi connectivity index (χ2v) is 15.8. The van der Waals surface area contributed by atoms with Crippen molar-refractivity contribution in [2.45, 2.75) is 126 Å². The Labute approximate surface area is 225 Å². The highest BCUT2D eigenvalue weighted by molar-refractivity contribution is 5.78. The normalized spacial score (nSPS) is 47.8.